The van der Waals surface area contributed by atoms with E-state index in [-0.39, 0.29) is 13.0 Å². The number of hydrogen-bond acceptors (Lipinski definition) is 3. The molecule has 2 rings (SSSR count). The van der Waals surface area contributed by atoms with Crippen molar-refractivity contribution in [2.24, 2.45) is 5.73 Å². The maximum Gasteiger partial charge on any atom is 0.126 e. The van der Waals surface area contributed by atoms with Crippen LogP contribution in [0.5, 0.6) is 0 Å². The molecule has 0 aliphatic rings. The third-order valence-electron chi connectivity index (χ3n) is 3.74. The van der Waals surface area contributed by atoms with Gasteiger partial charge in [0.05, 0.1) is 6.10 Å². The van der Waals surface area contributed by atoms with E-state index in [2.05, 4.69) is 12.2 Å². The van der Waals surface area contributed by atoms with Crippen molar-refractivity contribution in [1.82, 2.24) is 0 Å². The standard InChI is InChI=1S/C18H22F2N2O/c1-2-12-4-3-5-16(8-12)22-11-18(23)17(21)9-13-6-14(19)10-15(20)7-13/h3-8,10,17-18,22-23H,2,9,11,21H2,1H3/t17-,18+/m0/s1. The molecule has 0 radical (unpaired) electrons. The lowest BCUT2D eigenvalue weighted by atomic mass is 10.0. The number of anilines is 1. The van der Waals surface area contributed by atoms with E-state index < -0.39 is 23.8 Å². The summed E-state index contributed by atoms with van der Waals surface area (Å²) in [5.74, 6) is -1.28. The predicted molar refractivity (Wildman–Crippen MR) is 88.4 cm³/mol. The first-order valence-electron chi connectivity index (χ1n) is 7.69. The average Bonchev–Trinajstić information content (AvgIpc) is 2.51. The lowest BCUT2D eigenvalue weighted by Gasteiger charge is -2.20. The summed E-state index contributed by atoms with van der Waals surface area (Å²) in [6, 6.07) is 10.6. The Kier molecular flexibility index (Phi) is 6.07. The molecule has 4 N–H and O–H groups in total. The van der Waals surface area contributed by atoms with E-state index >= 15 is 0 Å². The number of nitrogens with one attached hydrogen (secondary N) is 1. The average molecular weight is 320 g/mol. The predicted octanol–water partition coefficient (Wildman–Crippen LogP) is 2.87. The quantitative estimate of drug-likeness (QED) is 0.735. The van der Waals surface area contributed by atoms with Gasteiger partial charge in [-0.05, 0) is 48.2 Å². The molecule has 3 nitrogen and oxygen atoms in total. The number of halogens is 2. The first kappa shape index (κ1) is 17.4. The molecule has 5 heteroatoms. The van der Waals surface area contributed by atoms with Gasteiger partial charge in [-0.1, -0.05) is 19.1 Å². The fourth-order valence-electron chi connectivity index (χ4n) is 2.41. The molecular formula is C18H22F2N2O. The van der Waals surface area contributed by atoms with E-state index in [1.165, 1.54) is 17.7 Å². The largest absolute Gasteiger partial charge is 0.390 e. The maximum atomic E-state index is 13.2. The zero-order valence-electron chi connectivity index (χ0n) is 13.1. The summed E-state index contributed by atoms with van der Waals surface area (Å²) < 4.78 is 26.3. The number of aliphatic hydroxyl groups excluding tert-OH is 1. The number of nitrogens with two attached hydrogens (primary N) is 1. The summed E-state index contributed by atoms with van der Waals surface area (Å²) in [4.78, 5) is 0. The van der Waals surface area contributed by atoms with Crippen LogP contribution in [0.1, 0.15) is 18.1 Å². The SMILES string of the molecule is CCc1cccc(NC[C@@H](O)[C@@H](N)Cc2cc(F)cc(F)c2)c1. The summed E-state index contributed by atoms with van der Waals surface area (Å²) >= 11 is 0. The van der Waals surface area contributed by atoms with Crippen molar-refractivity contribution in [1.29, 1.82) is 0 Å². The van der Waals surface area contributed by atoms with E-state index in [4.69, 9.17) is 5.73 Å². The van der Waals surface area contributed by atoms with Crippen LogP contribution in [0.3, 0.4) is 0 Å². The third-order valence-corrected chi connectivity index (χ3v) is 3.74. The van der Waals surface area contributed by atoms with Crippen molar-refractivity contribution in [2.75, 3.05) is 11.9 Å². The Morgan fingerprint density at radius 2 is 1.78 bits per heavy atom. The van der Waals surface area contributed by atoms with E-state index in [1.807, 2.05) is 24.3 Å². The van der Waals surface area contributed by atoms with Gasteiger partial charge in [-0.3, -0.25) is 0 Å². The molecule has 0 saturated carbocycles. The molecule has 2 atom stereocenters. The fourth-order valence-corrected chi connectivity index (χ4v) is 2.41. The summed E-state index contributed by atoms with van der Waals surface area (Å²) in [6.45, 7) is 2.34. The Balaban J connectivity index is 1.90. The molecule has 0 aliphatic carbocycles. The smallest absolute Gasteiger partial charge is 0.126 e. The minimum Gasteiger partial charge on any atom is -0.390 e. The van der Waals surface area contributed by atoms with E-state index in [0.717, 1.165) is 18.2 Å². The van der Waals surface area contributed by atoms with Gasteiger partial charge in [0.1, 0.15) is 11.6 Å². The lowest BCUT2D eigenvalue weighted by molar-refractivity contribution is 0.156. The maximum absolute atomic E-state index is 13.2. The van der Waals surface area contributed by atoms with Crippen LogP contribution in [0, 0.1) is 11.6 Å². The second-order valence-electron chi connectivity index (χ2n) is 5.65. The van der Waals surface area contributed by atoms with Gasteiger partial charge in [0.15, 0.2) is 0 Å². The Morgan fingerprint density at radius 1 is 1.09 bits per heavy atom. The second kappa shape index (κ2) is 8.04. The Morgan fingerprint density at radius 3 is 2.43 bits per heavy atom. The topological polar surface area (TPSA) is 58.3 Å². The van der Waals surface area contributed by atoms with Crippen molar-refractivity contribution in [2.45, 2.75) is 31.9 Å². The summed E-state index contributed by atoms with van der Waals surface area (Å²) in [5, 5.41) is 13.3. The number of aryl methyl sites for hydroxylation is 1. The van der Waals surface area contributed by atoms with Gasteiger partial charge >= 0.3 is 0 Å². The van der Waals surface area contributed by atoms with Gasteiger partial charge in [0.2, 0.25) is 0 Å². The van der Waals surface area contributed by atoms with Crippen LogP contribution in [0.15, 0.2) is 42.5 Å². The summed E-state index contributed by atoms with van der Waals surface area (Å²) in [5.41, 5.74) is 8.47. The molecule has 2 aromatic carbocycles. The highest BCUT2D eigenvalue weighted by Crippen LogP contribution is 2.13. The van der Waals surface area contributed by atoms with Crippen LogP contribution in [0.4, 0.5) is 14.5 Å². The molecule has 23 heavy (non-hydrogen) atoms. The molecule has 124 valence electrons. The van der Waals surface area contributed by atoms with Crippen molar-refractivity contribution < 1.29 is 13.9 Å². The molecule has 0 aromatic heterocycles. The Hall–Kier alpha value is -1.98. The summed E-state index contributed by atoms with van der Waals surface area (Å²) in [6.07, 6.45) is 0.307. The molecule has 0 heterocycles. The van der Waals surface area contributed by atoms with Gasteiger partial charge < -0.3 is 16.2 Å². The van der Waals surface area contributed by atoms with Gasteiger partial charge in [0.25, 0.3) is 0 Å². The highest BCUT2D eigenvalue weighted by molar-refractivity contribution is 5.45. The molecule has 0 unspecified atom stereocenters. The van der Waals surface area contributed by atoms with E-state index in [0.29, 0.717) is 5.56 Å². The van der Waals surface area contributed by atoms with Crippen molar-refractivity contribution in [3.8, 4) is 0 Å². The number of benzene rings is 2. The van der Waals surface area contributed by atoms with Gasteiger partial charge in [-0.25, -0.2) is 8.78 Å². The Bertz CT molecular complexity index is 628. The molecule has 0 amide bonds. The number of hydrogen-bond donors (Lipinski definition) is 3. The first-order valence-corrected chi connectivity index (χ1v) is 7.69. The van der Waals surface area contributed by atoms with Crippen LogP contribution in [-0.4, -0.2) is 23.8 Å². The monoisotopic (exact) mass is 320 g/mol. The van der Waals surface area contributed by atoms with Crippen molar-refractivity contribution in [3.05, 3.63) is 65.2 Å². The van der Waals surface area contributed by atoms with Crippen LogP contribution in [-0.2, 0) is 12.8 Å². The Labute approximate surface area is 135 Å². The van der Waals surface area contributed by atoms with E-state index in [1.54, 1.807) is 0 Å². The molecule has 0 saturated heterocycles. The van der Waals surface area contributed by atoms with Crippen molar-refractivity contribution >= 4 is 5.69 Å². The normalized spacial score (nSPS) is 13.6. The van der Waals surface area contributed by atoms with Gasteiger partial charge in [-0.15, -0.1) is 0 Å². The summed E-state index contributed by atoms with van der Waals surface area (Å²) in [7, 11) is 0. The number of aliphatic hydroxyl groups is 1. The minimum atomic E-state index is -0.827. The van der Waals surface area contributed by atoms with Crippen LogP contribution >= 0.6 is 0 Å². The molecule has 0 fully saturated rings. The molecule has 0 bridgehead atoms. The third kappa shape index (κ3) is 5.30. The van der Waals surface area contributed by atoms with Crippen LogP contribution in [0.25, 0.3) is 0 Å². The minimum absolute atomic E-state index is 0.201. The zero-order chi connectivity index (χ0) is 16.8. The lowest BCUT2D eigenvalue weighted by Crippen LogP contribution is -2.41. The molecule has 0 spiro atoms. The molecular weight excluding hydrogens is 298 g/mol. The molecule has 0 aliphatic heterocycles. The second-order valence-corrected chi connectivity index (χ2v) is 5.65. The molecule has 2 aromatic rings. The fraction of sp³-hybridized carbons (Fsp3) is 0.333. The van der Waals surface area contributed by atoms with Crippen LogP contribution < -0.4 is 11.1 Å². The zero-order valence-corrected chi connectivity index (χ0v) is 13.1. The number of rotatable bonds is 7. The highest BCUT2D eigenvalue weighted by Gasteiger charge is 2.16. The van der Waals surface area contributed by atoms with E-state index in [9.17, 15) is 13.9 Å². The first-order chi connectivity index (χ1) is 11.0. The highest BCUT2D eigenvalue weighted by atomic mass is 19.1. The van der Waals surface area contributed by atoms with Crippen molar-refractivity contribution in [3.63, 3.8) is 0 Å². The van der Waals surface area contributed by atoms with Crippen LogP contribution in [0.2, 0.25) is 0 Å². The van der Waals surface area contributed by atoms with Gasteiger partial charge in [-0.2, -0.15) is 0 Å². The van der Waals surface area contributed by atoms with Gasteiger partial charge in [0, 0.05) is 24.3 Å².